The highest BCUT2D eigenvalue weighted by Gasteiger charge is 2.27. The van der Waals surface area contributed by atoms with Gasteiger partial charge in [0.15, 0.2) is 0 Å². The van der Waals surface area contributed by atoms with Gasteiger partial charge in [-0.2, -0.15) is 0 Å². The molecule has 1 amide bonds. The molecule has 0 saturated carbocycles. The zero-order valence-electron chi connectivity index (χ0n) is 10.0. The van der Waals surface area contributed by atoms with E-state index in [1.165, 1.54) is 5.56 Å². The number of benzene rings is 1. The minimum absolute atomic E-state index is 0.0244. The number of β-amino-alcohol motifs (C(OH)–C–C–N with tert-alkyl or cyclic N) is 1. The molecule has 3 N–H and O–H groups in total. The van der Waals surface area contributed by atoms with E-state index in [1.54, 1.807) is 0 Å². The summed E-state index contributed by atoms with van der Waals surface area (Å²) in [7, 11) is 0. The Kier molecular flexibility index (Phi) is 4.74. The summed E-state index contributed by atoms with van der Waals surface area (Å²) < 4.78 is 1.06. The maximum atomic E-state index is 11.7. The number of nitrogens with one attached hydrogen (secondary N) is 2. The number of rotatable bonds is 4. The van der Waals surface area contributed by atoms with E-state index in [4.69, 9.17) is 0 Å². The number of hydrogen-bond acceptors (Lipinski definition) is 3. The molecule has 2 rings (SSSR count). The molecule has 1 aromatic carbocycles. The van der Waals surface area contributed by atoms with Gasteiger partial charge in [0.25, 0.3) is 0 Å². The third-order valence-electron chi connectivity index (χ3n) is 3.05. The molecule has 1 aromatic rings. The van der Waals surface area contributed by atoms with Crippen molar-refractivity contribution in [1.82, 2.24) is 10.6 Å². The summed E-state index contributed by atoms with van der Waals surface area (Å²) in [6.45, 7) is 1.12. The van der Waals surface area contributed by atoms with Gasteiger partial charge in [-0.05, 0) is 30.5 Å². The van der Waals surface area contributed by atoms with E-state index < -0.39 is 6.10 Å². The lowest BCUT2D eigenvalue weighted by molar-refractivity contribution is -0.122. The van der Waals surface area contributed by atoms with Crippen LogP contribution in [0, 0.1) is 0 Å². The number of aliphatic hydroxyl groups excluding tert-OH is 1. The van der Waals surface area contributed by atoms with Crippen molar-refractivity contribution in [1.29, 1.82) is 0 Å². The summed E-state index contributed by atoms with van der Waals surface area (Å²) >= 11 is 3.39. The number of aliphatic hydroxyl groups is 1. The van der Waals surface area contributed by atoms with Gasteiger partial charge in [-0.25, -0.2) is 0 Å². The van der Waals surface area contributed by atoms with Crippen molar-refractivity contribution in [3.8, 4) is 0 Å². The molecular weight excluding hydrogens is 296 g/mol. The van der Waals surface area contributed by atoms with Crippen LogP contribution in [0.2, 0.25) is 0 Å². The minimum Gasteiger partial charge on any atom is -0.392 e. The summed E-state index contributed by atoms with van der Waals surface area (Å²) in [5.41, 5.74) is 1.19. The fourth-order valence-corrected chi connectivity index (χ4v) is 2.29. The monoisotopic (exact) mass is 312 g/mol. The second-order valence-corrected chi connectivity index (χ2v) is 5.43. The van der Waals surface area contributed by atoms with E-state index in [-0.39, 0.29) is 11.9 Å². The molecule has 1 aliphatic heterocycles. The molecule has 0 bridgehead atoms. The van der Waals surface area contributed by atoms with Crippen molar-refractivity contribution in [3.63, 3.8) is 0 Å². The van der Waals surface area contributed by atoms with E-state index in [1.807, 2.05) is 24.3 Å². The van der Waals surface area contributed by atoms with Crippen molar-refractivity contribution >= 4 is 21.8 Å². The zero-order chi connectivity index (χ0) is 13.0. The van der Waals surface area contributed by atoms with Crippen LogP contribution < -0.4 is 10.6 Å². The molecule has 98 valence electrons. The number of amides is 1. The Labute approximate surface area is 115 Å². The van der Waals surface area contributed by atoms with E-state index in [0.29, 0.717) is 19.5 Å². The van der Waals surface area contributed by atoms with Gasteiger partial charge in [-0.1, -0.05) is 28.1 Å². The lowest BCUT2D eigenvalue weighted by Gasteiger charge is -2.10. The predicted octanol–water partition coefficient (Wildman–Crippen LogP) is 0.831. The van der Waals surface area contributed by atoms with Gasteiger partial charge in [0.2, 0.25) is 5.91 Å². The van der Waals surface area contributed by atoms with Gasteiger partial charge in [0.05, 0.1) is 12.1 Å². The van der Waals surface area contributed by atoms with Crippen LogP contribution in [0.4, 0.5) is 0 Å². The topological polar surface area (TPSA) is 61.4 Å². The average Bonchev–Trinajstić information content (AvgIpc) is 2.78. The highest BCUT2D eigenvalue weighted by Crippen LogP contribution is 2.10. The molecule has 2 atom stereocenters. The van der Waals surface area contributed by atoms with E-state index in [0.717, 1.165) is 10.9 Å². The van der Waals surface area contributed by atoms with Crippen molar-refractivity contribution in [3.05, 3.63) is 34.3 Å². The van der Waals surface area contributed by atoms with Crippen LogP contribution in [0.1, 0.15) is 12.0 Å². The first-order valence-electron chi connectivity index (χ1n) is 6.09. The summed E-state index contributed by atoms with van der Waals surface area (Å²) in [6, 6.07) is 7.81. The summed E-state index contributed by atoms with van der Waals surface area (Å²) in [5, 5.41) is 15.2. The molecule has 0 radical (unpaired) electrons. The van der Waals surface area contributed by atoms with Crippen LogP contribution in [-0.4, -0.2) is 36.2 Å². The number of carbonyl (C=O) groups is 1. The van der Waals surface area contributed by atoms with E-state index >= 15 is 0 Å². The second-order valence-electron chi connectivity index (χ2n) is 4.52. The predicted molar refractivity (Wildman–Crippen MR) is 73.3 cm³/mol. The zero-order valence-corrected chi connectivity index (χ0v) is 11.6. The molecule has 0 aliphatic carbocycles. The fourth-order valence-electron chi connectivity index (χ4n) is 2.02. The Morgan fingerprint density at radius 3 is 2.78 bits per heavy atom. The smallest absolute Gasteiger partial charge is 0.237 e. The van der Waals surface area contributed by atoms with Crippen LogP contribution in [0.15, 0.2) is 28.7 Å². The molecule has 1 fully saturated rings. The Morgan fingerprint density at radius 2 is 2.17 bits per heavy atom. The Hall–Kier alpha value is -0.910. The second kappa shape index (κ2) is 6.31. The third-order valence-corrected chi connectivity index (χ3v) is 3.58. The summed E-state index contributed by atoms with van der Waals surface area (Å²) in [6.07, 6.45) is 0.922. The molecule has 1 saturated heterocycles. The molecular formula is C13H17BrN2O2. The Morgan fingerprint density at radius 1 is 1.44 bits per heavy atom. The summed E-state index contributed by atoms with van der Waals surface area (Å²) in [4.78, 5) is 11.7. The van der Waals surface area contributed by atoms with Crippen molar-refractivity contribution < 1.29 is 9.90 Å². The maximum Gasteiger partial charge on any atom is 0.237 e. The lowest BCUT2D eigenvalue weighted by atomic mass is 10.1. The first kappa shape index (κ1) is 13.5. The van der Waals surface area contributed by atoms with Crippen LogP contribution in [0.25, 0.3) is 0 Å². The van der Waals surface area contributed by atoms with Crippen LogP contribution in [0.5, 0.6) is 0 Å². The highest BCUT2D eigenvalue weighted by atomic mass is 79.9. The first-order chi connectivity index (χ1) is 8.65. The van der Waals surface area contributed by atoms with E-state index in [9.17, 15) is 9.90 Å². The van der Waals surface area contributed by atoms with Crippen LogP contribution in [-0.2, 0) is 11.2 Å². The van der Waals surface area contributed by atoms with Crippen molar-refractivity contribution in [2.24, 2.45) is 0 Å². The molecule has 0 aromatic heterocycles. The van der Waals surface area contributed by atoms with Gasteiger partial charge in [-0.15, -0.1) is 0 Å². The fraction of sp³-hybridized carbons (Fsp3) is 0.462. The van der Waals surface area contributed by atoms with Crippen LogP contribution in [0.3, 0.4) is 0 Å². The van der Waals surface area contributed by atoms with Crippen molar-refractivity contribution in [2.75, 3.05) is 13.1 Å². The maximum absolute atomic E-state index is 11.7. The highest BCUT2D eigenvalue weighted by molar-refractivity contribution is 9.10. The largest absolute Gasteiger partial charge is 0.392 e. The Balaban J connectivity index is 1.72. The number of hydrogen-bond donors (Lipinski definition) is 3. The molecule has 18 heavy (non-hydrogen) atoms. The molecule has 1 aliphatic rings. The first-order valence-corrected chi connectivity index (χ1v) is 6.88. The normalized spacial score (nSPS) is 23.0. The molecule has 5 heteroatoms. The molecule has 1 heterocycles. The quantitative estimate of drug-likeness (QED) is 0.772. The number of carbonyl (C=O) groups excluding carboxylic acids is 1. The molecule has 4 nitrogen and oxygen atoms in total. The summed E-state index contributed by atoms with van der Waals surface area (Å²) in [5.74, 6) is -0.0244. The molecule has 2 unspecified atom stereocenters. The lowest BCUT2D eigenvalue weighted by Crippen LogP contribution is -2.41. The number of halogens is 1. The Bertz CT molecular complexity index is 408. The standard InChI is InChI=1S/C13H17BrN2O2/c14-10-3-1-9(2-4-10)5-6-15-13(18)12-7-11(17)8-16-12/h1-4,11-12,16-17H,5-8H2,(H,15,18). The van der Waals surface area contributed by atoms with Gasteiger partial charge < -0.3 is 15.7 Å². The van der Waals surface area contributed by atoms with Gasteiger partial charge >= 0.3 is 0 Å². The van der Waals surface area contributed by atoms with E-state index in [2.05, 4.69) is 26.6 Å². The van der Waals surface area contributed by atoms with Gasteiger partial charge in [0, 0.05) is 17.6 Å². The van der Waals surface area contributed by atoms with Gasteiger partial charge in [0.1, 0.15) is 0 Å². The average molecular weight is 313 g/mol. The minimum atomic E-state index is -0.396. The third kappa shape index (κ3) is 3.80. The van der Waals surface area contributed by atoms with Crippen LogP contribution >= 0.6 is 15.9 Å². The SMILES string of the molecule is O=C(NCCc1ccc(Br)cc1)C1CC(O)CN1. The molecule has 0 spiro atoms. The van der Waals surface area contributed by atoms with Gasteiger partial charge in [-0.3, -0.25) is 4.79 Å². The van der Waals surface area contributed by atoms with Crippen molar-refractivity contribution in [2.45, 2.75) is 25.0 Å².